The summed E-state index contributed by atoms with van der Waals surface area (Å²) in [7, 11) is 0. The van der Waals surface area contributed by atoms with Crippen LogP contribution in [0.5, 0.6) is 5.75 Å². The number of nitrogens with zero attached hydrogens (tertiary/aromatic N) is 1. The summed E-state index contributed by atoms with van der Waals surface area (Å²) in [6.07, 6.45) is 12.6. The molecule has 0 radical (unpaired) electrons. The molecule has 2 unspecified atom stereocenters. The monoisotopic (exact) mass is 819 g/mol. The van der Waals surface area contributed by atoms with E-state index in [1.54, 1.807) is 0 Å². The number of fused-ring (bicyclic) bond motifs is 5. The highest BCUT2D eigenvalue weighted by Crippen LogP contribution is 2.48. The first-order valence-electron chi connectivity index (χ1n) is 22.0. The Hall–Kier alpha value is -8.20. The molecule has 2 atom stereocenters. The number of para-hydroxylation sites is 1. The molecule has 1 aliphatic heterocycles. The number of benzene rings is 9. The molecule has 2 heteroatoms. The molecule has 64 heavy (non-hydrogen) atoms. The largest absolute Gasteiger partial charge is 0.485 e. The van der Waals surface area contributed by atoms with Crippen molar-refractivity contribution in [2.45, 2.75) is 12.0 Å². The maximum Gasteiger partial charge on any atom is 0.128 e. The number of ether oxygens (including phenoxy) is 1. The maximum absolute atomic E-state index is 6.56. The molecule has 9 aromatic carbocycles. The lowest BCUT2D eigenvalue weighted by Gasteiger charge is -2.29. The van der Waals surface area contributed by atoms with E-state index in [0.717, 1.165) is 67.3 Å². The zero-order valence-electron chi connectivity index (χ0n) is 35.4. The van der Waals surface area contributed by atoms with Gasteiger partial charge in [-0.2, -0.15) is 0 Å². The molecule has 0 fully saturated rings. The second kappa shape index (κ2) is 16.6. The van der Waals surface area contributed by atoms with Crippen LogP contribution < -0.4 is 9.64 Å². The second-order valence-corrected chi connectivity index (χ2v) is 16.5. The van der Waals surface area contributed by atoms with E-state index in [9.17, 15) is 0 Å². The summed E-state index contributed by atoms with van der Waals surface area (Å²) in [5, 5.41) is 4.89. The van der Waals surface area contributed by atoms with Gasteiger partial charge in [0.15, 0.2) is 0 Å². The van der Waals surface area contributed by atoms with Gasteiger partial charge in [0.25, 0.3) is 0 Å². The van der Waals surface area contributed by atoms with Crippen LogP contribution in [0.4, 0.5) is 17.1 Å². The summed E-state index contributed by atoms with van der Waals surface area (Å²) >= 11 is 0. The fourth-order valence-electron chi connectivity index (χ4n) is 9.53. The van der Waals surface area contributed by atoms with Gasteiger partial charge in [0.05, 0.1) is 5.69 Å². The third-order valence-corrected chi connectivity index (χ3v) is 12.7. The van der Waals surface area contributed by atoms with E-state index < -0.39 is 0 Å². The Morgan fingerprint density at radius 3 is 1.95 bits per heavy atom. The number of hydrogen-bond acceptors (Lipinski definition) is 2. The molecular weight excluding hydrogens is 775 g/mol. The Labute approximate surface area is 375 Å². The molecule has 0 saturated heterocycles. The first kappa shape index (κ1) is 38.7. The second-order valence-electron chi connectivity index (χ2n) is 16.5. The Balaban J connectivity index is 1.03. The summed E-state index contributed by atoms with van der Waals surface area (Å²) in [5.41, 5.74) is 15.9. The van der Waals surface area contributed by atoms with E-state index in [4.69, 9.17) is 4.74 Å². The molecule has 0 spiro atoms. The Bertz CT molecular complexity index is 3350. The standard InChI is InChI=1S/C62H45NO/c1-3-15-42(4-2)55-34-30-51(38-57(55)45-17-6-5-7-18-45)44-28-32-53(33-29-44)63(54-23-14-22-47(37-54)50-27-26-43-16-8-9-19-46(43)36-50)60-25-13-12-24-56(60)52-31-35-61-58(40-52)59-39-48-20-10-11-21-49(48)41-62(59)64-61/h3-41,58,61H,1-2H2/b42-15+. The van der Waals surface area contributed by atoms with E-state index >= 15 is 0 Å². The lowest BCUT2D eigenvalue weighted by atomic mass is 9.85. The van der Waals surface area contributed by atoms with Gasteiger partial charge in [0.1, 0.15) is 11.9 Å². The minimum absolute atomic E-state index is 0.0390. The van der Waals surface area contributed by atoms with Crippen LogP contribution >= 0.6 is 0 Å². The summed E-state index contributed by atoms with van der Waals surface area (Å²) < 4.78 is 6.56. The molecule has 1 heterocycles. The predicted molar refractivity (Wildman–Crippen MR) is 272 cm³/mol. The van der Waals surface area contributed by atoms with Crippen LogP contribution in [0.15, 0.2) is 250 Å². The van der Waals surface area contributed by atoms with Crippen LogP contribution in [0.2, 0.25) is 0 Å². The van der Waals surface area contributed by atoms with Gasteiger partial charge in [-0.1, -0.05) is 189 Å². The zero-order valence-corrected chi connectivity index (χ0v) is 35.4. The van der Waals surface area contributed by atoms with Crippen molar-refractivity contribution in [3.8, 4) is 39.1 Å². The number of rotatable bonds is 10. The van der Waals surface area contributed by atoms with Crippen molar-refractivity contribution in [2.24, 2.45) is 0 Å². The molecule has 0 amide bonds. The van der Waals surface area contributed by atoms with Gasteiger partial charge in [0.2, 0.25) is 0 Å². The molecule has 0 aromatic heterocycles. The number of hydrogen-bond donors (Lipinski definition) is 0. The minimum Gasteiger partial charge on any atom is -0.485 e. The Kier molecular flexibility index (Phi) is 10.0. The summed E-state index contributed by atoms with van der Waals surface area (Å²) in [6, 6.07) is 72.4. The molecule has 1 aliphatic carbocycles. The van der Waals surface area contributed by atoms with Gasteiger partial charge < -0.3 is 9.64 Å². The van der Waals surface area contributed by atoms with E-state index in [1.165, 1.54) is 38.2 Å². The lowest BCUT2D eigenvalue weighted by molar-refractivity contribution is 0.269. The highest BCUT2D eigenvalue weighted by atomic mass is 16.5. The minimum atomic E-state index is -0.0390. The van der Waals surface area contributed by atoms with E-state index in [1.807, 2.05) is 18.2 Å². The third-order valence-electron chi connectivity index (χ3n) is 12.7. The van der Waals surface area contributed by atoms with E-state index in [2.05, 4.69) is 236 Å². The van der Waals surface area contributed by atoms with Crippen LogP contribution in [0.1, 0.15) is 22.6 Å². The topological polar surface area (TPSA) is 12.5 Å². The molecule has 0 bridgehead atoms. The Morgan fingerprint density at radius 1 is 0.500 bits per heavy atom. The highest BCUT2D eigenvalue weighted by Gasteiger charge is 2.34. The molecule has 9 aromatic rings. The van der Waals surface area contributed by atoms with Gasteiger partial charge in [-0.25, -0.2) is 0 Å². The van der Waals surface area contributed by atoms with Crippen molar-refractivity contribution in [3.63, 3.8) is 0 Å². The third kappa shape index (κ3) is 7.15. The van der Waals surface area contributed by atoms with Gasteiger partial charge in [-0.15, -0.1) is 0 Å². The molecular formula is C62H45NO. The average molecular weight is 820 g/mol. The van der Waals surface area contributed by atoms with Crippen LogP contribution in [-0.2, 0) is 0 Å². The van der Waals surface area contributed by atoms with Crippen LogP contribution in [0.25, 0.3) is 66.1 Å². The lowest BCUT2D eigenvalue weighted by Crippen LogP contribution is -2.18. The van der Waals surface area contributed by atoms with Crippen LogP contribution in [0.3, 0.4) is 0 Å². The molecule has 0 N–H and O–H groups in total. The summed E-state index contributed by atoms with van der Waals surface area (Å²) in [6.45, 7) is 8.08. The quantitative estimate of drug-likeness (QED) is 0.127. The van der Waals surface area contributed by atoms with Crippen molar-refractivity contribution >= 4 is 49.8 Å². The van der Waals surface area contributed by atoms with Crippen LogP contribution in [0, 0.1) is 0 Å². The molecule has 2 nitrogen and oxygen atoms in total. The fourth-order valence-corrected chi connectivity index (χ4v) is 9.53. The maximum atomic E-state index is 6.56. The van der Waals surface area contributed by atoms with E-state index in [-0.39, 0.29) is 12.0 Å². The van der Waals surface area contributed by atoms with Gasteiger partial charge in [0, 0.05) is 28.4 Å². The number of anilines is 3. The molecule has 11 rings (SSSR count). The van der Waals surface area contributed by atoms with Gasteiger partial charge in [-0.05, 0) is 132 Å². The average Bonchev–Trinajstić information content (AvgIpc) is 3.72. The fraction of sp³-hybridized carbons (Fsp3) is 0.0323. The Morgan fingerprint density at radius 2 is 1.16 bits per heavy atom. The molecule has 304 valence electrons. The highest BCUT2D eigenvalue weighted by molar-refractivity contribution is 5.94. The van der Waals surface area contributed by atoms with Gasteiger partial charge in [-0.3, -0.25) is 0 Å². The zero-order chi connectivity index (χ0) is 43.0. The SMILES string of the molecule is C=C/C=C(\C=C)c1ccc(-c2ccc(N(c3cccc(-c4ccc5ccccc5c4)c3)c3ccccc3C3=CC4c5cc6ccccc6cc5OC4C=C3)cc2)cc1-c1ccccc1. The summed E-state index contributed by atoms with van der Waals surface area (Å²) in [5.74, 6) is 1.08. The molecule has 2 aliphatic rings. The first-order chi connectivity index (χ1) is 31.6. The smallest absolute Gasteiger partial charge is 0.128 e. The van der Waals surface area contributed by atoms with E-state index in [0.29, 0.717) is 0 Å². The van der Waals surface area contributed by atoms with Crippen LogP contribution in [-0.4, -0.2) is 6.10 Å². The molecule has 0 saturated carbocycles. The summed E-state index contributed by atoms with van der Waals surface area (Å²) in [4.78, 5) is 2.41. The van der Waals surface area contributed by atoms with Crippen molar-refractivity contribution in [1.82, 2.24) is 0 Å². The normalized spacial score (nSPS) is 15.2. The van der Waals surface area contributed by atoms with Crippen molar-refractivity contribution in [3.05, 3.63) is 266 Å². The van der Waals surface area contributed by atoms with Gasteiger partial charge >= 0.3 is 0 Å². The van der Waals surface area contributed by atoms with Crippen molar-refractivity contribution in [2.75, 3.05) is 4.90 Å². The number of allylic oxidation sites excluding steroid dienone is 6. The first-order valence-corrected chi connectivity index (χ1v) is 22.0. The van der Waals surface area contributed by atoms with Crippen molar-refractivity contribution < 1.29 is 4.74 Å². The predicted octanol–water partition coefficient (Wildman–Crippen LogP) is 16.7. The van der Waals surface area contributed by atoms with Crippen molar-refractivity contribution in [1.29, 1.82) is 0 Å².